The summed E-state index contributed by atoms with van der Waals surface area (Å²) in [5.74, 6) is 1.49. The number of likely N-dealkylation sites (tertiary alicyclic amines) is 1. The van der Waals surface area contributed by atoms with Gasteiger partial charge in [0.05, 0.1) is 13.3 Å². The molecule has 160 valence electrons. The zero-order valence-electron chi connectivity index (χ0n) is 17.1. The number of benzene rings is 1. The van der Waals surface area contributed by atoms with E-state index in [-0.39, 0.29) is 17.6 Å². The van der Waals surface area contributed by atoms with Gasteiger partial charge in [0.2, 0.25) is 5.91 Å². The number of para-hydroxylation sites is 1. The normalized spacial score (nSPS) is 25.6. The molecule has 1 saturated carbocycles. The lowest BCUT2D eigenvalue weighted by atomic mass is 9.96. The van der Waals surface area contributed by atoms with Crippen LogP contribution in [0, 0.1) is 17.8 Å². The predicted octanol–water partition coefficient (Wildman–Crippen LogP) is 2.40. The minimum Gasteiger partial charge on any atom is -0.504 e. The van der Waals surface area contributed by atoms with E-state index in [4.69, 9.17) is 17.0 Å². The fourth-order valence-corrected chi connectivity index (χ4v) is 4.94. The van der Waals surface area contributed by atoms with Gasteiger partial charge in [0.15, 0.2) is 16.6 Å². The first-order valence-corrected chi connectivity index (χ1v) is 10.9. The van der Waals surface area contributed by atoms with Crippen LogP contribution in [-0.4, -0.2) is 53.5 Å². The van der Waals surface area contributed by atoms with E-state index >= 15 is 0 Å². The lowest BCUT2D eigenvalue weighted by Crippen LogP contribution is -2.49. The lowest BCUT2D eigenvalue weighted by molar-refractivity contribution is -0.126. The third-order valence-electron chi connectivity index (χ3n) is 6.37. The van der Waals surface area contributed by atoms with Crippen molar-refractivity contribution in [3.05, 3.63) is 35.9 Å². The molecule has 0 spiro atoms. The second-order valence-corrected chi connectivity index (χ2v) is 8.62. The number of nitrogens with one attached hydrogen (secondary N) is 2. The van der Waals surface area contributed by atoms with Crippen molar-refractivity contribution in [1.29, 1.82) is 0 Å². The van der Waals surface area contributed by atoms with Gasteiger partial charge >= 0.3 is 0 Å². The Morgan fingerprint density at radius 3 is 2.77 bits per heavy atom. The summed E-state index contributed by atoms with van der Waals surface area (Å²) in [5, 5.41) is 18.4. The quantitative estimate of drug-likeness (QED) is 0.289. The minimum absolute atomic E-state index is 0.00158. The molecule has 1 saturated heterocycles. The Bertz CT molecular complexity index is 864. The Labute approximate surface area is 182 Å². The molecule has 0 aromatic heterocycles. The maximum Gasteiger partial charge on any atom is 0.243 e. The number of carbonyl (C=O) groups is 1. The first-order chi connectivity index (χ1) is 14.5. The van der Waals surface area contributed by atoms with Gasteiger partial charge in [-0.15, -0.1) is 0 Å². The van der Waals surface area contributed by atoms with Crippen LogP contribution >= 0.6 is 12.2 Å². The number of hydrazone groups is 1. The van der Waals surface area contributed by atoms with E-state index in [9.17, 15) is 9.90 Å². The van der Waals surface area contributed by atoms with Gasteiger partial charge in [-0.25, -0.2) is 5.43 Å². The highest BCUT2D eigenvalue weighted by Crippen LogP contribution is 2.39. The number of fused-ring (bicyclic) bond motifs is 2. The van der Waals surface area contributed by atoms with E-state index in [2.05, 4.69) is 32.9 Å². The van der Waals surface area contributed by atoms with Crippen LogP contribution in [0.25, 0.3) is 0 Å². The van der Waals surface area contributed by atoms with Crippen LogP contribution < -0.4 is 15.5 Å². The van der Waals surface area contributed by atoms with Crippen LogP contribution in [0.15, 0.2) is 35.5 Å². The Hall–Kier alpha value is -2.61. The number of rotatable bonds is 5. The molecule has 1 aromatic rings. The number of ether oxygens (including phenoxy) is 1. The van der Waals surface area contributed by atoms with E-state index in [1.807, 2.05) is 0 Å². The van der Waals surface area contributed by atoms with Crippen molar-refractivity contribution in [2.45, 2.75) is 31.7 Å². The molecule has 2 aliphatic carbocycles. The maximum absolute atomic E-state index is 12.5. The monoisotopic (exact) mass is 428 g/mol. The summed E-state index contributed by atoms with van der Waals surface area (Å²) in [4.78, 5) is 14.6. The number of nitrogens with zero attached hydrogens (tertiary/aromatic N) is 2. The average molecular weight is 429 g/mol. The van der Waals surface area contributed by atoms with Gasteiger partial charge < -0.3 is 20.1 Å². The number of phenols is 1. The molecule has 3 atom stereocenters. The van der Waals surface area contributed by atoms with E-state index in [0.717, 1.165) is 31.0 Å². The Morgan fingerprint density at radius 2 is 2.10 bits per heavy atom. The van der Waals surface area contributed by atoms with Gasteiger partial charge in [0.25, 0.3) is 0 Å². The third kappa shape index (κ3) is 4.43. The minimum atomic E-state index is -0.106. The largest absolute Gasteiger partial charge is 0.504 e. The number of amides is 1. The van der Waals surface area contributed by atoms with Crippen molar-refractivity contribution in [1.82, 2.24) is 15.6 Å². The van der Waals surface area contributed by atoms with Crippen LogP contribution in [0.5, 0.6) is 11.5 Å². The molecular formula is C22H28N4O3S. The molecule has 3 aliphatic rings. The number of methoxy groups -OCH3 is 1. The molecule has 4 rings (SSSR count). The van der Waals surface area contributed by atoms with Gasteiger partial charge in [-0.1, -0.05) is 18.2 Å². The molecular weight excluding hydrogens is 400 g/mol. The van der Waals surface area contributed by atoms with Gasteiger partial charge in [0, 0.05) is 30.6 Å². The molecule has 0 radical (unpaired) electrons. The highest BCUT2D eigenvalue weighted by atomic mass is 32.1. The van der Waals surface area contributed by atoms with Crippen LogP contribution in [0.1, 0.15) is 31.2 Å². The molecule has 3 N–H and O–H groups in total. The average Bonchev–Trinajstić information content (AvgIpc) is 3.38. The zero-order valence-corrected chi connectivity index (χ0v) is 17.9. The Balaban J connectivity index is 1.22. The summed E-state index contributed by atoms with van der Waals surface area (Å²) >= 11 is 5.62. The Kier molecular flexibility index (Phi) is 6.22. The number of thiocarbonyl (C=S) groups is 1. The van der Waals surface area contributed by atoms with E-state index in [1.54, 1.807) is 18.2 Å². The van der Waals surface area contributed by atoms with Crippen molar-refractivity contribution in [3.8, 4) is 11.5 Å². The fraction of sp³-hybridized carbons (Fsp3) is 0.500. The summed E-state index contributed by atoms with van der Waals surface area (Å²) in [7, 11) is 1.49. The van der Waals surface area contributed by atoms with E-state index < -0.39 is 0 Å². The SMILES string of the molecule is COc1cccc(/C=N\NC(=O)C2CCN(C(=S)N[C@@H]3C[C@H]4C=C[C@H]3C4)CC2)c1O. The summed E-state index contributed by atoms with van der Waals surface area (Å²) in [5.41, 5.74) is 3.07. The van der Waals surface area contributed by atoms with Crippen LogP contribution in [0.4, 0.5) is 0 Å². The van der Waals surface area contributed by atoms with Crippen molar-refractivity contribution in [3.63, 3.8) is 0 Å². The number of hydrogen-bond acceptors (Lipinski definition) is 5. The van der Waals surface area contributed by atoms with Gasteiger partial charge in [-0.3, -0.25) is 4.79 Å². The lowest BCUT2D eigenvalue weighted by Gasteiger charge is -2.35. The first kappa shape index (κ1) is 20.7. The molecule has 30 heavy (non-hydrogen) atoms. The molecule has 8 heteroatoms. The molecule has 2 bridgehead atoms. The fourth-order valence-electron chi connectivity index (χ4n) is 4.61. The molecule has 0 unspecified atom stereocenters. The van der Waals surface area contributed by atoms with Crippen molar-refractivity contribution < 1.29 is 14.6 Å². The standard InChI is InChI=1S/C22H28N4O3S/c1-29-19-4-2-3-17(20(19)27)13-23-25-21(28)15-7-9-26(10-8-15)22(30)24-18-12-14-5-6-16(18)11-14/h2-6,13-16,18,27H,7-12H2,1H3,(H,24,30)(H,25,28)/b23-13-/t14-,16-,18+/m0/s1. The van der Waals surface area contributed by atoms with Gasteiger partial charge in [-0.05, 0) is 61.9 Å². The van der Waals surface area contributed by atoms with Crippen molar-refractivity contribution in [2.24, 2.45) is 22.9 Å². The molecule has 1 aromatic carbocycles. The summed E-state index contributed by atoms with van der Waals surface area (Å²) in [6.07, 6.45) is 9.96. The second-order valence-electron chi connectivity index (χ2n) is 8.23. The van der Waals surface area contributed by atoms with Crippen LogP contribution in [0.2, 0.25) is 0 Å². The smallest absolute Gasteiger partial charge is 0.243 e. The first-order valence-electron chi connectivity index (χ1n) is 10.5. The van der Waals surface area contributed by atoms with E-state index in [0.29, 0.717) is 29.2 Å². The number of allylic oxidation sites excluding steroid dienone is 1. The maximum atomic E-state index is 12.5. The van der Waals surface area contributed by atoms with Crippen molar-refractivity contribution >= 4 is 29.5 Å². The molecule has 2 fully saturated rings. The summed E-state index contributed by atoms with van der Waals surface area (Å²) in [6.45, 7) is 1.53. The molecule has 1 aliphatic heterocycles. The number of hydrogen-bond donors (Lipinski definition) is 3. The van der Waals surface area contributed by atoms with Crippen molar-refractivity contribution in [2.75, 3.05) is 20.2 Å². The second kappa shape index (κ2) is 9.04. The summed E-state index contributed by atoms with van der Waals surface area (Å²) < 4.78 is 5.07. The zero-order chi connectivity index (χ0) is 21.1. The van der Waals surface area contributed by atoms with Gasteiger partial charge in [-0.2, -0.15) is 5.10 Å². The molecule has 1 amide bonds. The van der Waals surface area contributed by atoms with E-state index in [1.165, 1.54) is 26.2 Å². The highest BCUT2D eigenvalue weighted by Gasteiger charge is 2.36. The number of carbonyl (C=O) groups excluding carboxylic acids is 1. The molecule has 7 nitrogen and oxygen atoms in total. The summed E-state index contributed by atoms with van der Waals surface area (Å²) in [6, 6.07) is 5.57. The number of aromatic hydroxyl groups is 1. The Morgan fingerprint density at radius 1 is 1.30 bits per heavy atom. The van der Waals surface area contributed by atoms with Crippen LogP contribution in [-0.2, 0) is 4.79 Å². The molecule has 1 heterocycles. The third-order valence-corrected chi connectivity index (χ3v) is 6.75. The number of piperidine rings is 1. The number of phenolic OH excluding ortho intramolecular Hbond substituents is 1. The topological polar surface area (TPSA) is 86.2 Å². The van der Waals surface area contributed by atoms with Gasteiger partial charge in [0.1, 0.15) is 0 Å². The van der Waals surface area contributed by atoms with Crippen LogP contribution in [0.3, 0.4) is 0 Å². The highest BCUT2D eigenvalue weighted by molar-refractivity contribution is 7.80. The predicted molar refractivity (Wildman–Crippen MR) is 120 cm³/mol.